The predicted molar refractivity (Wildman–Crippen MR) is 95.9 cm³/mol. The Kier molecular flexibility index (Phi) is 4.94. The number of fused-ring (bicyclic) bond motifs is 1. The molecule has 1 aliphatic heterocycles. The molecule has 1 atom stereocenters. The van der Waals surface area contributed by atoms with Crippen LogP contribution in [0.4, 0.5) is 4.39 Å². The summed E-state index contributed by atoms with van der Waals surface area (Å²) in [5.74, 6) is -1.05. The number of nitrogens with zero attached hydrogens (tertiary/aromatic N) is 3. The highest BCUT2D eigenvalue weighted by Gasteiger charge is 2.27. The van der Waals surface area contributed by atoms with Gasteiger partial charge in [0.25, 0.3) is 5.91 Å². The maximum atomic E-state index is 14.0. The van der Waals surface area contributed by atoms with Gasteiger partial charge in [-0.1, -0.05) is 0 Å². The Labute approximate surface area is 151 Å². The molecule has 1 aromatic heterocycles. The van der Waals surface area contributed by atoms with Gasteiger partial charge in [-0.2, -0.15) is 0 Å². The molecule has 1 saturated heterocycles. The van der Waals surface area contributed by atoms with Gasteiger partial charge in [-0.15, -0.1) is 0 Å². The van der Waals surface area contributed by atoms with E-state index < -0.39 is 21.7 Å². The Morgan fingerprint density at radius 3 is 2.65 bits per heavy atom. The van der Waals surface area contributed by atoms with Crippen LogP contribution < -0.4 is 5.32 Å². The number of rotatable bonds is 3. The average Bonchev–Trinajstić information content (AvgIpc) is 2.55. The minimum atomic E-state index is -3.31. The Morgan fingerprint density at radius 2 is 1.96 bits per heavy atom. The summed E-state index contributed by atoms with van der Waals surface area (Å²) in [7, 11) is -3.31. The molecule has 0 saturated carbocycles. The molecule has 9 heteroatoms. The van der Waals surface area contributed by atoms with E-state index in [9.17, 15) is 17.6 Å². The largest absolute Gasteiger partial charge is 0.348 e. The van der Waals surface area contributed by atoms with Crippen LogP contribution in [-0.2, 0) is 10.0 Å². The van der Waals surface area contributed by atoms with Crippen LogP contribution in [0.15, 0.2) is 12.1 Å². The smallest absolute Gasteiger partial charge is 0.253 e. The summed E-state index contributed by atoms with van der Waals surface area (Å²) >= 11 is 0. The quantitative estimate of drug-likeness (QED) is 0.872. The van der Waals surface area contributed by atoms with Crippen LogP contribution in [-0.4, -0.2) is 54.0 Å². The van der Waals surface area contributed by atoms with Crippen molar-refractivity contribution in [3.8, 4) is 0 Å². The Hall–Kier alpha value is -2.13. The van der Waals surface area contributed by atoms with Crippen molar-refractivity contribution >= 4 is 27.0 Å². The number of sulfonamides is 1. The standard InChI is InChI=1S/C17H21FN4O3S/c1-10-11(2)20-16-14(7-12(18)8-15(16)19-10)17(23)21-13-5-4-6-22(9-13)26(3,24)25/h7-8,13H,4-6,9H2,1-3H3,(H,21,23). The monoisotopic (exact) mass is 380 g/mol. The fourth-order valence-electron chi connectivity index (χ4n) is 3.10. The van der Waals surface area contributed by atoms with Crippen LogP contribution >= 0.6 is 0 Å². The van der Waals surface area contributed by atoms with Gasteiger partial charge in [-0.25, -0.2) is 27.1 Å². The number of hydrogen-bond donors (Lipinski definition) is 1. The van der Waals surface area contributed by atoms with Crippen molar-refractivity contribution in [2.75, 3.05) is 19.3 Å². The zero-order valence-corrected chi connectivity index (χ0v) is 15.7. The summed E-state index contributed by atoms with van der Waals surface area (Å²) in [5.41, 5.74) is 2.10. The number of benzene rings is 1. The fourth-order valence-corrected chi connectivity index (χ4v) is 4.01. The number of amides is 1. The molecule has 26 heavy (non-hydrogen) atoms. The number of piperidine rings is 1. The van der Waals surface area contributed by atoms with Crippen LogP contribution in [0.25, 0.3) is 11.0 Å². The Balaban J connectivity index is 1.89. The summed E-state index contributed by atoms with van der Waals surface area (Å²) in [6, 6.07) is 2.05. The van der Waals surface area contributed by atoms with Crippen LogP contribution in [0, 0.1) is 19.7 Å². The normalized spacial score (nSPS) is 18.8. The summed E-state index contributed by atoms with van der Waals surface area (Å²) in [6.45, 7) is 4.20. The van der Waals surface area contributed by atoms with Gasteiger partial charge in [-0.3, -0.25) is 4.79 Å². The van der Waals surface area contributed by atoms with E-state index >= 15 is 0 Å². The van der Waals surface area contributed by atoms with Crippen molar-refractivity contribution in [3.05, 3.63) is 34.9 Å². The number of aryl methyl sites for hydroxylation is 2. The third-order valence-corrected chi connectivity index (χ3v) is 5.85. The lowest BCUT2D eigenvalue weighted by atomic mass is 10.1. The number of hydrogen-bond acceptors (Lipinski definition) is 5. The highest BCUT2D eigenvalue weighted by atomic mass is 32.2. The predicted octanol–water partition coefficient (Wildman–Crippen LogP) is 1.54. The van der Waals surface area contributed by atoms with Crippen molar-refractivity contribution < 1.29 is 17.6 Å². The lowest BCUT2D eigenvalue weighted by molar-refractivity contribution is 0.0922. The van der Waals surface area contributed by atoms with Crippen LogP contribution in [0.2, 0.25) is 0 Å². The Morgan fingerprint density at radius 1 is 1.27 bits per heavy atom. The maximum Gasteiger partial charge on any atom is 0.253 e. The first-order valence-electron chi connectivity index (χ1n) is 8.35. The molecule has 1 amide bonds. The molecule has 0 spiro atoms. The summed E-state index contributed by atoms with van der Waals surface area (Å²) in [5, 5.41) is 2.81. The van der Waals surface area contributed by atoms with Gasteiger partial charge in [0.2, 0.25) is 10.0 Å². The third kappa shape index (κ3) is 3.83. The van der Waals surface area contributed by atoms with E-state index in [1.54, 1.807) is 13.8 Å². The molecule has 2 heterocycles. The first-order valence-corrected chi connectivity index (χ1v) is 10.2. The summed E-state index contributed by atoms with van der Waals surface area (Å²) in [4.78, 5) is 21.4. The van der Waals surface area contributed by atoms with Crippen molar-refractivity contribution in [2.24, 2.45) is 0 Å². The number of aromatic nitrogens is 2. The third-order valence-electron chi connectivity index (χ3n) is 4.58. The first-order chi connectivity index (χ1) is 12.1. The van der Waals surface area contributed by atoms with Crippen LogP contribution in [0.5, 0.6) is 0 Å². The molecule has 1 fully saturated rings. The zero-order chi connectivity index (χ0) is 19.1. The van der Waals surface area contributed by atoms with E-state index in [4.69, 9.17) is 0 Å². The van der Waals surface area contributed by atoms with E-state index in [-0.39, 0.29) is 18.2 Å². The SMILES string of the molecule is Cc1nc2cc(F)cc(C(=O)NC3CCCN(S(C)(=O)=O)C3)c2nc1C. The molecule has 2 aromatic rings. The second-order valence-electron chi connectivity index (χ2n) is 6.65. The van der Waals surface area contributed by atoms with Crippen molar-refractivity contribution in [2.45, 2.75) is 32.7 Å². The van der Waals surface area contributed by atoms with Crippen molar-refractivity contribution in [1.29, 1.82) is 0 Å². The molecule has 3 rings (SSSR count). The van der Waals surface area contributed by atoms with E-state index in [2.05, 4.69) is 15.3 Å². The number of nitrogens with one attached hydrogen (secondary N) is 1. The van der Waals surface area contributed by atoms with E-state index in [1.807, 2.05) is 0 Å². The van der Waals surface area contributed by atoms with Gasteiger partial charge in [0.1, 0.15) is 11.3 Å². The van der Waals surface area contributed by atoms with Crippen molar-refractivity contribution in [3.63, 3.8) is 0 Å². The number of carbonyl (C=O) groups is 1. The zero-order valence-electron chi connectivity index (χ0n) is 14.9. The molecule has 0 radical (unpaired) electrons. The van der Waals surface area contributed by atoms with E-state index in [0.29, 0.717) is 41.8 Å². The lowest BCUT2D eigenvalue weighted by Gasteiger charge is -2.31. The number of halogens is 1. The van der Waals surface area contributed by atoms with Gasteiger partial charge in [0.05, 0.1) is 28.7 Å². The molecule has 0 bridgehead atoms. The second-order valence-corrected chi connectivity index (χ2v) is 8.63. The van der Waals surface area contributed by atoms with Gasteiger partial charge >= 0.3 is 0 Å². The molecule has 0 aliphatic carbocycles. The highest BCUT2D eigenvalue weighted by molar-refractivity contribution is 7.88. The van der Waals surface area contributed by atoms with E-state index in [0.717, 1.165) is 12.3 Å². The van der Waals surface area contributed by atoms with Crippen LogP contribution in [0.1, 0.15) is 34.6 Å². The number of carbonyl (C=O) groups excluding carboxylic acids is 1. The summed E-state index contributed by atoms with van der Waals surface area (Å²) < 4.78 is 38.7. The Bertz CT molecular complexity index is 978. The lowest BCUT2D eigenvalue weighted by Crippen LogP contribution is -2.49. The molecule has 1 aromatic carbocycles. The average molecular weight is 380 g/mol. The molecule has 1 aliphatic rings. The highest BCUT2D eigenvalue weighted by Crippen LogP contribution is 2.20. The van der Waals surface area contributed by atoms with E-state index in [1.165, 1.54) is 10.4 Å². The maximum absolute atomic E-state index is 14.0. The molecule has 1 N–H and O–H groups in total. The molecule has 7 nitrogen and oxygen atoms in total. The minimum Gasteiger partial charge on any atom is -0.348 e. The molecular formula is C17H21FN4O3S. The molecule has 1 unspecified atom stereocenters. The minimum absolute atomic E-state index is 0.104. The first kappa shape index (κ1) is 18.7. The fraction of sp³-hybridized carbons (Fsp3) is 0.471. The second kappa shape index (κ2) is 6.88. The topological polar surface area (TPSA) is 92.3 Å². The molecular weight excluding hydrogens is 359 g/mol. The summed E-state index contributed by atoms with van der Waals surface area (Å²) in [6.07, 6.45) is 2.47. The van der Waals surface area contributed by atoms with Gasteiger partial charge in [0.15, 0.2) is 0 Å². The van der Waals surface area contributed by atoms with Crippen LogP contribution in [0.3, 0.4) is 0 Å². The van der Waals surface area contributed by atoms with Crippen molar-refractivity contribution in [1.82, 2.24) is 19.6 Å². The van der Waals surface area contributed by atoms with Gasteiger partial charge in [-0.05, 0) is 32.8 Å². The van der Waals surface area contributed by atoms with Gasteiger partial charge < -0.3 is 5.32 Å². The molecule has 140 valence electrons. The van der Waals surface area contributed by atoms with Gasteiger partial charge in [0, 0.05) is 25.2 Å².